The van der Waals surface area contributed by atoms with Gasteiger partial charge in [-0.15, -0.1) is 24.8 Å². The number of anilines is 1. The molecule has 0 spiro atoms. The first kappa shape index (κ1) is 19.0. The highest BCUT2D eigenvalue weighted by atomic mass is 35.5. The van der Waals surface area contributed by atoms with Crippen LogP contribution >= 0.6 is 24.8 Å². The van der Waals surface area contributed by atoms with Gasteiger partial charge in [-0.05, 0) is 30.5 Å². The van der Waals surface area contributed by atoms with Crippen molar-refractivity contribution in [1.29, 1.82) is 0 Å². The fourth-order valence-corrected chi connectivity index (χ4v) is 3.44. The van der Waals surface area contributed by atoms with Crippen molar-refractivity contribution < 1.29 is 9.47 Å². The zero-order chi connectivity index (χ0) is 15.9. The van der Waals surface area contributed by atoms with E-state index in [9.17, 15) is 0 Å². The lowest BCUT2D eigenvalue weighted by molar-refractivity contribution is 0.174. The Kier molecular flexibility index (Phi) is 5.75. The summed E-state index contributed by atoms with van der Waals surface area (Å²) in [5, 5.41) is 0. The van der Waals surface area contributed by atoms with Crippen LogP contribution in [-0.2, 0) is 0 Å². The van der Waals surface area contributed by atoms with E-state index in [1.807, 2.05) is 30.6 Å². The summed E-state index contributed by atoms with van der Waals surface area (Å²) in [4.78, 5) is 14.0. The van der Waals surface area contributed by atoms with E-state index >= 15 is 0 Å². The van der Waals surface area contributed by atoms with Gasteiger partial charge in [0.05, 0.1) is 0 Å². The zero-order valence-corrected chi connectivity index (χ0v) is 16.0. The molecule has 0 bridgehead atoms. The van der Waals surface area contributed by atoms with Gasteiger partial charge in [-0.1, -0.05) is 6.07 Å². The summed E-state index contributed by atoms with van der Waals surface area (Å²) < 4.78 is 10.8. The van der Waals surface area contributed by atoms with Gasteiger partial charge < -0.3 is 14.4 Å². The summed E-state index contributed by atoms with van der Waals surface area (Å²) >= 11 is 0. The Morgan fingerprint density at radius 3 is 2.23 bits per heavy atom. The molecule has 8 heteroatoms. The van der Waals surface area contributed by atoms with Crippen LogP contribution in [0.25, 0.3) is 11.1 Å². The maximum atomic E-state index is 5.44. The van der Waals surface area contributed by atoms with Gasteiger partial charge in [-0.25, -0.2) is 9.97 Å². The van der Waals surface area contributed by atoms with Gasteiger partial charge in [0.1, 0.15) is 0 Å². The molecule has 0 unspecified atom stereocenters. The Morgan fingerprint density at radius 1 is 0.846 bits per heavy atom. The van der Waals surface area contributed by atoms with Crippen molar-refractivity contribution in [2.24, 2.45) is 0 Å². The van der Waals surface area contributed by atoms with Crippen molar-refractivity contribution in [3.8, 4) is 22.6 Å². The molecule has 3 aliphatic rings. The Labute approximate surface area is 165 Å². The van der Waals surface area contributed by atoms with Crippen LogP contribution in [0.1, 0.15) is 12.8 Å². The highest BCUT2D eigenvalue weighted by Crippen LogP contribution is 2.35. The molecule has 6 nitrogen and oxygen atoms in total. The molecule has 1 saturated carbocycles. The molecule has 1 aliphatic carbocycles. The maximum Gasteiger partial charge on any atom is 0.231 e. The van der Waals surface area contributed by atoms with E-state index in [1.165, 1.54) is 12.8 Å². The smallest absolute Gasteiger partial charge is 0.231 e. The lowest BCUT2D eigenvalue weighted by atomic mass is 10.1. The SMILES string of the molecule is Cl.Cl.c1cc2c(cc1-c1cnc(N3CCN(C4CC4)CC3)nc1)OCO2. The van der Waals surface area contributed by atoms with E-state index in [0.717, 1.165) is 60.8 Å². The number of rotatable bonds is 3. The number of hydrogen-bond acceptors (Lipinski definition) is 6. The number of aromatic nitrogens is 2. The summed E-state index contributed by atoms with van der Waals surface area (Å²) in [6, 6.07) is 6.78. The van der Waals surface area contributed by atoms with Crippen molar-refractivity contribution in [2.75, 3.05) is 37.9 Å². The molecule has 2 aliphatic heterocycles. The number of hydrogen-bond donors (Lipinski definition) is 0. The first-order valence-electron chi connectivity index (χ1n) is 8.58. The van der Waals surface area contributed by atoms with Gasteiger partial charge in [-0.3, -0.25) is 4.90 Å². The van der Waals surface area contributed by atoms with E-state index in [4.69, 9.17) is 9.47 Å². The van der Waals surface area contributed by atoms with Crippen LogP contribution in [-0.4, -0.2) is 53.9 Å². The van der Waals surface area contributed by atoms with Crippen LogP contribution in [0, 0.1) is 0 Å². The average molecular weight is 397 g/mol. The molecule has 3 heterocycles. The van der Waals surface area contributed by atoms with Gasteiger partial charge in [0, 0.05) is 50.2 Å². The first-order chi connectivity index (χ1) is 11.9. The molecule has 2 aromatic rings. The number of piperazine rings is 1. The Morgan fingerprint density at radius 2 is 1.54 bits per heavy atom. The van der Waals surface area contributed by atoms with Crippen molar-refractivity contribution in [2.45, 2.75) is 18.9 Å². The summed E-state index contributed by atoms with van der Waals surface area (Å²) in [7, 11) is 0. The van der Waals surface area contributed by atoms with Gasteiger partial charge >= 0.3 is 0 Å². The van der Waals surface area contributed by atoms with Crippen LogP contribution < -0.4 is 14.4 Å². The predicted molar refractivity (Wildman–Crippen MR) is 105 cm³/mol. The van der Waals surface area contributed by atoms with Crippen LogP contribution in [0.5, 0.6) is 11.5 Å². The Balaban J connectivity index is 0.000000980. The first-order valence-corrected chi connectivity index (χ1v) is 8.58. The number of ether oxygens (including phenoxy) is 2. The van der Waals surface area contributed by atoms with E-state index in [-0.39, 0.29) is 24.8 Å². The van der Waals surface area contributed by atoms with Crippen LogP contribution in [0.3, 0.4) is 0 Å². The second-order valence-electron chi connectivity index (χ2n) is 6.59. The highest BCUT2D eigenvalue weighted by molar-refractivity contribution is 5.85. The quantitative estimate of drug-likeness (QED) is 0.794. The van der Waals surface area contributed by atoms with Gasteiger partial charge in [-0.2, -0.15) is 0 Å². The molecule has 0 N–H and O–H groups in total. The Bertz CT molecular complexity index is 747. The third kappa shape index (κ3) is 3.68. The fourth-order valence-electron chi connectivity index (χ4n) is 3.44. The normalized spacial score (nSPS) is 18.8. The minimum absolute atomic E-state index is 0. The predicted octanol–water partition coefficient (Wildman–Crippen LogP) is 3.00. The molecule has 140 valence electrons. The van der Waals surface area contributed by atoms with Crippen LogP contribution in [0.2, 0.25) is 0 Å². The number of fused-ring (bicyclic) bond motifs is 1. The van der Waals surface area contributed by atoms with Crippen molar-refractivity contribution in [1.82, 2.24) is 14.9 Å². The van der Waals surface area contributed by atoms with Gasteiger partial charge in [0.2, 0.25) is 12.7 Å². The van der Waals surface area contributed by atoms with Crippen LogP contribution in [0.4, 0.5) is 5.95 Å². The van der Waals surface area contributed by atoms with Gasteiger partial charge in [0.25, 0.3) is 0 Å². The third-order valence-electron chi connectivity index (χ3n) is 5.00. The molecular formula is C18H22Cl2N4O2. The second kappa shape index (κ2) is 7.86. The highest BCUT2D eigenvalue weighted by Gasteiger charge is 2.31. The molecule has 5 rings (SSSR count). The lowest BCUT2D eigenvalue weighted by Crippen LogP contribution is -2.47. The molecule has 0 radical (unpaired) electrons. The molecule has 1 aromatic carbocycles. The number of nitrogens with zero attached hydrogens (tertiary/aromatic N) is 4. The minimum atomic E-state index is 0. The standard InChI is InChI=1S/C18H20N4O2.2ClH/c1-4-16-17(24-12-23-16)9-13(1)14-10-19-18(20-11-14)22-7-5-21(6-8-22)15-2-3-15;;/h1,4,9-11,15H,2-3,5-8,12H2;2*1H. The molecule has 26 heavy (non-hydrogen) atoms. The molecule has 0 atom stereocenters. The van der Waals surface area contributed by atoms with E-state index in [2.05, 4.69) is 19.8 Å². The summed E-state index contributed by atoms with van der Waals surface area (Å²) in [5.74, 6) is 2.41. The summed E-state index contributed by atoms with van der Waals surface area (Å²) in [6.45, 7) is 4.57. The fraction of sp³-hybridized carbons (Fsp3) is 0.444. The maximum absolute atomic E-state index is 5.44. The van der Waals surface area contributed by atoms with Crippen LogP contribution in [0.15, 0.2) is 30.6 Å². The Hall–Kier alpha value is -1.76. The number of benzene rings is 1. The average Bonchev–Trinajstić information content (AvgIpc) is 3.39. The molecule has 0 amide bonds. The third-order valence-corrected chi connectivity index (χ3v) is 5.00. The molecular weight excluding hydrogens is 375 g/mol. The molecule has 1 saturated heterocycles. The lowest BCUT2D eigenvalue weighted by Gasteiger charge is -2.34. The topological polar surface area (TPSA) is 50.7 Å². The monoisotopic (exact) mass is 396 g/mol. The summed E-state index contributed by atoms with van der Waals surface area (Å²) in [6.07, 6.45) is 6.54. The molecule has 2 fully saturated rings. The molecule has 1 aromatic heterocycles. The minimum Gasteiger partial charge on any atom is -0.454 e. The largest absolute Gasteiger partial charge is 0.454 e. The van der Waals surface area contributed by atoms with E-state index in [0.29, 0.717) is 6.79 Å². The van der Waals surface area contributed by atoms with Crippen molar-refractivity contribution in [3.63, 3.8) is 0 Å². The van der Waals surface area contributed by atoms with Crippen molar-refractivity contribution in [3.05, 3.63) is 30.6 Å². The van der Waals surface area contributed by atoms with Crippen molar-refractivity contribution >= 4 is 30.8 Å². The second-order valence-corrected chi connectivity index (χ2v) is 6.59. The van der Waals surface area contributed by atoms with Gasteiger partial charge in [0.15, 0.2) is 11.5 Å². The number of halogens is 2. The zero-order valence-electron chi connectivity index (χ0n) is 14.3. The van der Waals surface area contributed by atoms with E-state index in [1.54, 1.807) is 0 Å². The van der Waals surface area contributed by atoms with E-state index < -0.39 is 0 Å². The summed E-state index contributed by atoms with van der Waals surface area (Å²) in [5.41, 5.74) is 2.04.